The minimum atomic E-state index is -0.0660. The number of rotatable bonds is 3. The van der Waals surface area contributed by atoms with Gasteiger partial charge in [0.15, 0.2) is 0 Å². The second-order valence-electron chi connectivity index (χ2n) is 5.63. The summed E-state index contributed by atoms with van der Waals surface area (Å²) in [5, 5.41) is 2.96. The van der Waals surface area contributed by atoms with Gasteiger partial charge in [-0.25, -0.2) is 0 Å². The van der Waals surface area contributed by atoms with E-state index in [1.807, 2.05) is 24.3 Å². The third-order valence-electron chi connectivity index (χ3n) is 3.55. The van der Waals surface area contributed by atoms with Crippen molar-refractivity contribution in [3.05, 3.63) is 33.8 Å². The van der Waals surface area contributed by atoms with Crippen LogP contribution < -0.4 is 10.1 Å². The number of amides is 1. The average molecular weight is 338 g/mol. The second kappa shape index (κ2) is 5.22. The molecule has 0 spiro atoms. The molecule has 1 saturated heterocycles. The highest BCUT2D eigenvalue weighted by molar-refractivity contribution is 9.10. The molecule has 0 unspecified atom stereocenters. The molecule has 0 atom stereocenters. The number of hydrogen-bond acceptors (Lipinski definition) is 3. The second-order valence-corrected chi connectivity index (χ2v) is 6.54. The summed E-state index contributed by atoms with van der Waals surface area (Å²) < 4.78 is 11.8. The summed E-state index contributed by atoms with van der Waals surface area (Å²) in [6, 6.07) is 5.77. The van der Waals surface area contributed by atoms with E-state index >= 15 is 0 Å². The molecule has 2 aliphatic rings. The maximum absolute atomic E-state index is 12.2. The Balaban J connectivity index is 1.69. The van der Waals surface area contributed by atoms with E-state index in [2.05, 4.69) is 28.2 Å². The van der Waals surface area contributed by atoms with Crippen molar-refractivity contribution in [1.29, 1.82) is 0 Å². The van der Waals surface area contributed by atoms with Crippen molar-refractivity contribution >= 4 is 27.9 Å². The molecule has 1 fully saturated rings. The maximum Gasteiger partial charge on any atom is 0.250 e. The van der Waals surface area contributed by atoms with Gasteiger partial charge in [0, 0.05) is 22.0 Å². The molecule has 0 radical (unpaired) electrons. The van der Waals surface area contributed by atoms with Crippen LogP contribution in [0.5, 0.6) is 5.75 Å². The fraction of sp³-hybridized carbons (Fsp3) is 0.400. The zero-order valence-corrected chi connectivity index (χ0v) is 12.8. The van der Waals surface area contributed by atoms with E-state index < -0.39 is 0 Å². The van der Waals surface area contributed by atoms with Crippen LogP contribution in [0.4, 0.5) is 0 Å². The number of benzene rings is 1. The van der Waals surface area contributed by atoms with Crippen molar-refractivity contribution in [3.63, 3.8) is 0 Å². The minimum Gasteiger partial charge on any atom is -0.488 e. The van der Waals surface area contributed by atoms with Gasteiger partial charge in [0.1, 0.15) is 12.4 Å². The molecular formula is C15H16BrNO3. The predicted octanol–water partition coefficient (Wildman–Crippen LogP) is 2.38. The molecule has 0 aromatic heterocycles. The number of carbonyl (C=O) groups excluding carboxylic acids is 1. The molecule has 0 saturated carbocycles. The van der Waals surface area contributed by atoms with E-state index in [4.69, 9.17) is 9.47 Å². The third kappa shape index (κ3) is 2.74. The van der Waals surface area contributed by atoms with Gasteiger partial charge in [0.25, 0.3) is 5.91 Å². The van der Waals surface area contributed by atoms with Crippen molar-refractivity contribution in [3.8, 4) is 5.75 Å². The molecule has 0 aliphatic carbocycles. The van der Waals surface area contributed by atoms with Crippen LogP contribution in [0.15, 0.2) is 28.2 Å². The predicted molar refractivity (Wildman–Crippen MR) is 79.5 cm³/mol. The van der Waals surface area contributed by atoms with Crippen molar-refractivity contribution in [2.24, 2.45) is 5.41 Å². The van der Waals surface area contributed by atoms with Crippen LogP contribution in [-0.4, -0.2) is 32.3 Å². The van der Waals surface area contributed by atoms with Crippen LogP contribution in [0.1, 0.15) is 12.5 Å². The fourth-order valence-electron chi connectivity index (χ4n) is 2.24. The number of ether oxygens (including phenoxy) is 2. The van der Waals surface area contributed by atoms with Gasteiger partial charge in [-0.3, -0.25) is 4.79 Å². The van der Waals surface area contributed by atoms with Gasteiger partial charge >= 0.3 is 0 Å². The van der Waals surface area contributed by atoms with Gasteiger partial charge < -0.3 is 14.8 Å². The molecule has 2 heterocycles. The highest BCUT2D eigenvalue weighted by Crippen LogP contribution is 2.29. The number of carbonyl (C=O) groups is 1. The Bertz CT molecular complexity index is 578. The molecule has 1 aromatic rings. The number of hydrogen-bond donors (Lipinski definition) is 1. The van der Waals surface area contributed by atoms with Gasteiger partial charge in [0.2, 0.25) is 0 Å². The van der Waals surface area contributed by atoms with E-state index in [-0.39, 0.29) is 11.3 Å². The summed E-state index contributed by atoms with van der Waals surface area (Å²) in [6.07, 6.45) is 1.89. The molecule has 1 N–H and O–H groups in total. The Labute approximate surface area is 126 Å². The highest BCUT2D eigenvalue weighted by atomic mass is 79.9. The minimum absolute atomic E-state index is 0.0660. The molecule has 20 heavy (non-hydrogen) atoms. The topological polar surface area (TPSA) is 47.6 Å². The smallest absolute Gasteiger partial charge is 0.250 e. The first-order valence-electron chi connectivity index (χ1n) is 6.55. The van der Waals surface area contributed by atoms with Crippen molar-refractivity contribution in [2.75, 3.05) is 26.4 Å². The number of fused-ring (bicyclic) bond motifs is 1. The normalized spacial score (nSPS) is 19.2. The van der Waals surface area contributed by atoms with Crippen LogP contribution >= 0.6 is 15.9 Å². The average Bonchev–Trinajstić information content (AvgIpc) is 2.41. The van der Waals surface area contributed by atoms with Gasteiger partial charge in [-0.2, -0.15) is 0 Å². The molecule has 0 bridgehead atoms. The lowest BCUT2D eigenvalue weighted by molar-refractivity contribution is -0.123. The molecule has 106 valence electrons. The summed E-state index contributed by atoms with van der Waals surface area (Å²) in [6.45, 7) is 4.47. The molecule has 2 aliphatic heterocycles. The summed E-state index contributed by atoms with van der Waals surface area (Å²) in [4.78, 5) is 12.2. The lowest BCUT2D eigenvalue weighted by Gasteiger charge is -2.38. The first-order chi connectivity index (χ1) is 9.56. The first-order valence-corrected chi connectivity index (χ1v) is 7.34. The number of halogens is 1. The monoisotopic (exact) mass is 337 g/mol. The zero-order valence-electron chi connectivity index (χ0n) is 11.2. The Hall–Kier alpha value is -1.33. The van der Waals surface area contributed by atoms with E-state index in [9.17, 15) is 4.79 Å². The third-order valence-corrected chi connectivity index (χ3v) is 4.05. The van der Waals surface area contributed by atoms with Crippen LogP contribution in [0, 0.1) is 5.41 Å². The molecule has 1 aromatic carbocycles. The summed E-state index contributed by atoms with van der Waals surface area (Å²) in [5.74, 6) is 0.743. The fourth-order valence-corrected chi connectivity index (χ4v) is 2.62. The van der Waals surface area contributed by atoms with Gasteiger partial charge in [0.05, 0.1) is 18.8 Å². The summed E-state index contributed by atoms with van der Waals surface area (Å²) >= 11 is 3.42. The Kier molecular flexibility index (Phi) is 3.56. The van der Waals surface area contributed by atoms with Crippen molar-refractivity contribution in [2.45, 2.75) is 6.92 Å². The molecule has 3 rings (SSSR count). The van der Waals surface area contributed by atoms with Crippen LogP contribution in [-0.2, 0) is 9.53 Å². The Morgan fingerprint density at radius 1 is 1.45 bits per heavy atom. The zero-order chi connectivity index (χ0) is 14.2. The van der Waals surface area contributed by atoms with Crippen molar-refractivity contribution in [1.82, 2.24) is 5.32 Å². The quantitative estimate of drug-likeness (QED) is 0.921. The molecule has 5 heteroatoms. The molecular weight excluding hydrogens is 322 g/mol. The van der Waals surface area contributed by atoms with E-state index in [1.54, 1.807) is 0 Å². The first kappa shape index (κ1) is 13.6. The SMILES string of the molecule is CC1(CNC(=O)C2=Cc3cc(Br)ccc3OC2)COC1. The number of nitrogens with one attached hydrogen (secondary N) is 1. The summed E-state index contributed by atoms with van der Waals surface area (Å²) in [5.41, 5.74) is 1.65. The lowest BCUT2D eigenvalue weighted by Crippen LogP contribution is -2.49. The largest absolute Gasteiger partial charge is 0.488 e. The van der Waals surface area contributed by atoms with Crippen LogP contribution in [0.2, 0.25) is 0 Å². The van der Waals surface area contributed by atoms with Crippen LogP contribution in [0.3, 0.4) is 0 Å². The Morgan fingerprint density at radius 2 is 2.25 bits per heavy atom. The Morgan fingerprint density at radius 3 is 2.95 bits per heavy atom. The molecule has 4 nitrogen and oxygen atoms in total. The van der Waals surface area contributed by atoms with Crippen LogP contribution in [0.25, 0.3) is 6.08 Å². The standard InChI is InChI=1S/C15H16BrNO3/c1-15(8-19-9-15)7-17-14(18)11-4-10-5-12(16)2-3-13(10)20-6-11/h2-5H,6-9H2,1H3,(H,17,18). The van der Waals surface area contributed by atoms with Gasteiger partial charge in [-0.05, 0) is 24.3 Å². The highest BCUT2D eigenvalue weighted by Gasteiger charge is 2.33. The van der Waals surface area contributed by atoms with Crippen molar-refractivity contribution < 1.29 is 14.3 Å². The summed E-state index contributed by atoms with van der Waals surface area (Å²) in [7, 11) is 0. The molecule has 1 amide bonds. The lowest BCUT2D eigenvalue weighted by atomic mass is 9.88. The van der Waals surface area contributed by atoms with Gasteiger partial charge in [-0.15, -0.1) is 0 Å². The van der Waals surface area contributed by atoms with E-state index in [0.717, 1.165) is 15.8 Å². The maximum atomic E-state index is 12.2. The van der Waals surface area contributed by atoms with E-state index in [1.165, 1.54) is 0 Å². The van der Waals surface area contributed by atoms with E-state index in [0.29, 0.717) is 31.9 Å². The van der Waals surface area contributed by atoms with Gasteiger partial charge in [-0.1, -0.05) is 22.9 Å².